The molecule has 1 saturated heterocycles. The van der Waals surface area contributed by atoms with E-state index in [0.29, 0.717) is 12.1 Å². The van der Waals surface area contributed by atoms with Crippen molar-refractivity contribution >= 4 is 11.0 Å². The zero-order chi connectivity index (χ0) is 19.6. The highest BCUT2D eigenvalue weighted by Gasteiger charge is 2.73. The second-order valence-corrected chi connectivity index (χ2v) is 9.88. The molecule has 154 valence electrons. The highest BCUT2D eigenvalue weighted by Crippen LogP contribution is 2.70. The number of rotatable bonds is 2. The van der Waals surface area contributed by atoms with Gasteiger partial charge in [-0.2, -0.15) is 0 Å². The summed E-state index contributed by atoms with van der Waals surface area (Å²) in [6.07, 6.45) is 14.4. The Labute approximate surface area is 171 Å². The van der Waals surface area contributed by atoms with Gasteiger partial charge in [-0.3, -0.25) is 19.1 Å². The first-order chi connectivity index (χ1) is 14.2. The van der Waals surface area contributed by atoms with Gasteiger partial charge in [-0.1, -0.05) is 50.7 Å². The number of H-pyrrole nitrogens is 1. The smallest absolute Gasteiger partial charge is 0.316 e. The van der Waals surface area contributed by atoms with Crippen LogP contribution in [0.5, 0.6) is 0 Å². The van der Waals surface area contributed by atoms with E-state index in [9.17, 15) is 9.59 Å². The largest absolute Gasteiger partial charge is 0.317 e. The zero-order valence-electron chi connectivity index (χ0n) is 17.1. The lowest BCUT2D eigenvalue weighted by Crippen LogP contribution is -2.80. The minimum Gasteiger partial charge on any atom is -0.316 e. The summed E-state index contributed by atoms with van der Waals surface area (Å²) in [5.74, 6) is 0. The van der Waals surface area contributed by atoms with Gasteiger partial charge < -0.3 is 4.98 Å². The molecule has 5 heteroatoms. The zero-order valence-corrected chi connectivity index (χ0v) is 17.1. The van der Waals surface area contributed by atoms with Crippen molar-refractivity contribution in [3.63, 3.8) is 0 Å². The quantitative estimate of drug-likeness (QED) is 0.786. The van der Waals surface area contributed by atoms with Crippen LogP contribution in [0.4, 0.5) is 0 Å². The van der Waals surface area contributed by atoms with E-state index in [1.165, 1.54) is 64.2 Å². The number of hydrogen-bond donors (Lipinski definition) is 1. The summed E-state index contributed by atoms with van der Waals surface area (Å²) < 4.78 is 1.87. The molecule has 4 fully saturated rings. The van der Waals surface area contributed by atoms with E-state index in [1.54, 1.807) is 0 Å². The van der Waals surface area contributed by atoms with E-state index < -0.39 is 5.56 Å². The van der Waals surface area contributed by atoms with Crippen molar-refractivity contribution < 1.29 is 0 Å². The Bertz CT molecular complexity index is 1050. The predicted molar refractivity (Wildman–Crippen MR) is 114 cm³/mol. The molecule has 6 rings (SSSR count). The van der Waals surface area contributed by atoms with Crippen molar-refractivity contribution in [1.82, 2.24) is 14.5 Å². The Morgan fingerprint density at radius 3 is 2.45 bits per heavy atom. The van der Waals surface area contributed by atoms with Crippen LogP contribution in [0.2, 0.25) is 0 Å². The normalized spacial score (nSPS) is 35.2. The number of likely N-dealkylation sites (tertiary alicyclic amines) is 1. The Kier molecular flexibility index (Phi) is 4.06. The Morgan fingerprint density at radius 2 is 1.62 bits per heavy atom. The molecule has 2 aromatic rings. The third kappa shape index (κ3) is 2.37. The van der Waals surface area contributed by atoms with Crippen LogP contribution in [0.15, 0.2) is 33.9 Å². The second-order valence-electron chi connectivity index (χ2n) is 9.88. The van der Waals surface area contributed by atoms with E-state index in [2.05, 4.69) is 9.88 Å². The average molecular weight is 394 g/mol. The minimum atomic E-state index is -0.478. The summed E-state index contributed by atoms with van der Waals surface area (Å²) in [5.41, 5.74) is 1.06. The first-order valence-electron chi connectivity index (χ1n) is 11.7. The lowest BCUT2D eigenvalue weighted by Gasteiger charge is -2.74. The van der Waals surface area contributed by atoms with Crippen LogP contribution in [0.25, 0.3) is 11.0 Å². The molecule has 0 bridgehead atoms. The molecule has 4 atom stereocenters. The first kappa shape index (κ1) is 17.9. The molecule has 0 unspecified atom stereocenters. The SMILES string of the molecule is O=c1[nH]c2ccccc2n([C@H]2C[C@H]3N(C4CCCCCCC4)[C@@H]4CCC[C@]243)c1=O. The maximum Gasteiger partial charge on any atom is 0.317 e. The van der Waals surface area contributed by atoms with Crippen LogP contribution in [-0.4, -0.2) is 32.6 Å². The van der Waals surface area contributed by atoms with Crippen molar-refractivity contribution in [2.45, 2.75) is 94.8 Å². The van der Waals surface area contributed by atoms with E-state index >= 15 is 0 Å². The molecule has 1 aromatic carbocycles. The van der Waals surface area contributed by atoms with Gasteiger partial charge in [-0.15, -0.1) is 0 Å². The van der Waals surface area contributed by atoms with Gasteiger partial charge in [0.25, 0.3) is 0 Å². The van der Waals surface area contributed by atoms with Gasteiger partial charge >= 0.3 is 11.1 Å². The van der Waals surface area contributed by atoms with Crippen LogP contribution in [0.1, 0.15) is 76.7 Å². The number of aromatic nitrogens is 2. The van der Waals surface area contributed by atoms with Gasteiger partial charge in [0.1, 0.15) is 0 Å². The Hall–Kier alpha value is -1.88. The van der Waals surface area contributed by atoms with Crippen molar-refractivity contribution in [3.8, 4) is 0 Å². The molecular weight excluding hydrogens is 362 g/mol. The molecular formula is C24H31N3O2. The molecule has 29 heavy (non-hydrogen) atoms. The second kappa shape index (κ2) is 6.56. The molecule has 4 aliphatic rings. The van der Waals surface area contributed by atoms with E-state index in [0.717, 1.165) is 23.5 Å². The fourth-order valence-electron chi connectivity index (χ4n) is 7.57. The molecule has 1 spiro atoms. The van der Waals surface area contributed by atoms with Crippen LogP contribution in [-0.2, 0) is 0 Å². The van der Waals surface area contributed by atoms with Gasteiger partial charge in [-0.05, 0) is 44.2 Å². The van der Waals surface area contributed by atoms with Crippen LogP contribution >= 0.6 is 0 Å². The first-order valence-corrected chi connectivity index (χ1v) is 11.7. The highest BCUT2D eigenvalue weighted by atomic mass is 16.2. The van der Waals surface area contributed by atoms with E-state index in [4.69, 9.17) is 0 Å². The number of fused-ring (bicyclic) bond motifs is 1. The van der Waals surface area contributed by atoms with Crippen molar-refractivity contribution in [2.75, 3.05) is 0 Å². The number of para-hydroxylation sites is 2. The molecule has 1 aliphatic heterocycles. The topological polar surface area (TPSA) is 58.1 Å². The predicted octanol–water partition coefficient (Wildman–Crippen LogP) is 3.97. The molecule has 0 radical (unpaired) electrons. The van der Waals surface area contributed by atoms with Gasteiger partial charge in [0.05, 0.1) is 11.0 Å². The van der Waals surface area contributed by atoms with Crippen molar-refractivity contribution in [1.29, 1.82) is 0 Å². The number of hydrogen-bond acceptors (Lipinski definition) is 3. The number of nitrogens with zero attached hydrogens (tertiary/aromatic N) is 2. The number of nitrogens with one attached hydrogen (secondary N) is 1. The molecule has 2 heterocycles. The molecule has 0 amide bonds. The fraction of sp³-hybridized carbons (Fsp3) is 0.667. The third-order valence-corrected chi connectivity index (χ3v) is 8.75. The van der Waals surface area contributed by atoms with Crippen molar-refractivity contribution in [3.05, 3.63) is 45.0 Å². The number of piperidine rings is 1. The van der Waals surface area contributed by atoms with Gasteiger partial charge in [0.15, 0.2) is 0 Å². The fourth-order valence-corrected chi connectivity index (χ4v) is 7.57. The van der Waals surface area contributed by atoms with Crippen LogP contribution in [0, 0.1) is 5.41 Å². The monoisotopic (exact) mass is 393 g/mol. The van der Waals surface area contributed by atoms with Crippen LogP contribution in [0.3, 0.4) is 0 Å². The van der Waals surface area contributed by atoms with Gasteiger partial charge in [-0.25, -0.2) is 0 Å². The summed E-state index contributed by atoms with van der Waals surface area (Å²) in [4.78, 5) is 31.0. The van der Waals surface area contributed by atoms with Crippen molar-refractivity contribution in [2.24, 2.45) is 5.41 Å². The third-order valence-electron chi connectivity index (χ3n) is 8.75. The molecule has 5 nitrogen and oxygen atoms in total. The van der Waals surface area contributed by atoms with E-state index in [-0.39, 0.29) is 17.0 Å². The Morgan fingerprint density at radius 1 is 0.862 bits per heavy atom. The highest BCUT2D eigenvalue weighted by molar-refractivity contribution is 5.74. The summed E-state index contributed by atoms with van der Waals surface area (Å²) in [7, 11) is 0. The lowest BCUT2D eigenvalue weighted by molar-refractivity contribution is -0.241. The maximum absolute atomic E-state index is 13.0. The standard InChI is InChI=1S/C24H31N3O2/c28-22-23(29)27(18-12-7-6-11-17(18)25-22)21-15-20-24(21)14-8-13-19(24)26(20)16-9-4-2-1-3-5-10-16/h6-7,11-12,16,19-21H,1-5,8-10,13-15H2,(H,25,28)/t19-,20-,21+,24+/m1/s1. The van der Waals surface area contributed by atoms with Gasteiger partial charge in [0, 0.05) is 29.6 Å². The Balaban J connectivity index is 1.37. The number of aromatic amines is 1. The number of benzene rings is 1. The molecule has 3 aliphatic carbocycles. The minimum absolute atomic E-state index is 0.185. The summed E-state index contributed by atoms with van der Waals surface area (Å²) in [6.45, 7) is 0. The summed E-state index contributed by atoms with van der Waals surface area (Å²) in [6, 6.07) is 9.95. The molecule has 1 aromatic heterocycles. The maximum atomic E-state index is 13.0. The summed E-state index contributed by atoms with van der Waals surface area (Å²) in [5, 5.41) is 0. The summed E-state index contributed by atoms with van der Waals surface area (Å²) >= 11 is 0. The molecule has 3 saturated carbocycles. The van der Waals surface area contributed by atoms with Crippen LogP contribution < -0.4 is 11.1 Å². The van der Waals surface area contributed by atoms with E-state index in [1.807, 2.05) is 28.8 Å². The lowest BCUT2D eigenvalue weighted by atomic mass is 9.49. The molecule has 1 N–H and O–H groups in total. The van der Waals surface area contributed by atoms with Gasteiger partial charge in [0.2, 0.25) is 0 Å². The average Bonchev–Trinajstić information content (AvgIpc) is 3.12.